The van der Waals surface area contributed by atoms with Crippen molar-refractivity contribution in [2.75, 3.05) is 33.7 Å². The second kappa shape index (κ2) is 8.15. The van der Waals surface area contributed by atoms with Gasteiger partial charge in [-0.3, -0.25) is 0 Å². The Morgan fingerprint density at radius 3 is 2.76 bits per heavy atom. The molecule has 2 aromatic rings. The average molecular weight is 288 g/mol. The summed E-state index contributed by atoms with van der Waals surface area (Å²) < 4.78 is 2.37. The van der Waals surface area contributed by atoms with Gasteiger partial charge in [0.25, 0.3) is 0 Å². The summed E-state index contributed by atoms with van der Waals surface area (Å²) in [6, 6.07) is 8.44. The number of aromatic nitrogens is 2. The number of hydrogen-bond donors (Lipinski definition) is 1. The second-order valence-corrected chi connectivity index (χ2v) is 5.83. The fourth-order valence-corrected chi connectivity index (χ4v) is 2.63. The van der Waals surface area contributed by atoms with Gasteiger partial charge in [-0.1, -0.05) is 19.1 Å². The zero-order valence-corrected chi connectivity index (χ0v) is 13.6. The first-order chi connectivity index (χ1) is 10.2. The highest BCUT2D eigenvalue weighted by Crippen LogP contribution is 2.16. The number of hydrogen-bond acceptors (Lipinski definition) is 3. The summed E-state index contributed by atoms with van der Waals surface area (Å²) in [5, 5.41) is 3.54. The highest BCUT2D eigenvalue weighted by molar-refractivity contribution is 5.75. The summed E-state index contributed by atoms with van der Waals surface area (Å²) in [6.45, 7) is 6.43. The van der Waals surface area contributed by atoms with E-state index in [4.69, 9.17) is 4.98 Å². The van der Waals surface area contributed by atoms with Crippen molar-refractivity contribution in [1.29, 1.82) is 0 Å². The maximum atomic E-state index is 4.77. The molecule has 0 aliphatic heterocycles. The van der Waals surface area contributed by atoms with Crippen molar-refractivity contribution in [3.05, 3.63) is 30.1 Å². The standard InChI is InChI=1S/C17H28N4/c1-4-8-17-19-15-9-5-6-10-16(15)21(17)14-12-18-11-7-13-20(2)3/h5-6,9-10,18H,4,7-8,11-14H2,1-3H3. The minimum atomic E-state index is 0.998. The van der Waals surface area contributed by atoms with E-state index in [9.17, 15) is 0 Å². The van der Waals surface area contributed by atoms with Crippen molar-refractivity contribution in [2.45, 2.75) is 32.7 Å². The van der Waals surface area contributed by atoms with Crippen LogP contribution in [0.4, 0.5) is 0 Å². The fraction of sp³-hybridized carbons (Fsp3) is 0.588. The molecule has 4 heteroatoms. The summed E-state index contributed by atoms with van der Waals surface area (Å²) in [5.74, 6) is 1.22. The molecule has 1 aromatic carbocycles. The van der Waals surface area contributed by atoms with Crippen LogP contribution in [0.25, 0.3) is 11.0 Å². The van der Waals surface area contributed by atoms with Crippen LogP contribution in [0.1, 0.15) is 25.6 Å². The van der Waals surface area contributed by atoms with Gasteiger partial charge in [-0.15, -0.1) is 0 Å². The van der Waals surface area contributed by atoms with E-state index in [1.54, 1.807) is 0 Å². The van der Waals surface area contributed by atoms with Gasteiger partial charge in [0.15, 0.2) is 0 Å². The summed E-state index contributed by atoms with van der Waals surface area (Å²) in [6.07, 6.45) is 3.38. The zero-order valence-electron chi connectivity index (χ0n) is 13.6. The number of nitrogens with one attached hydrogen (secondary N) is 1. The van der Waals surface area contributed by atoms with Crippen LogP contribution in [0.2, 0.25) is 0 Å². The predicted molar refractivity (Wildman–Crippen MR) is 89.8 cm³/mol. The first-order valence-corrected chi connectivity index (χ1v) is 8.02. The summed E-state index contributed by atoms with van der Waals surface area (Å²) in [7, 11) is 4.24. The maximum Gasteiger partial charge on any atom is 0.109 e. The third kappa shape index (κ3) is 4.55. The van der Waals surface area contributed by atoms with Gasteiger partial charge in [-0.25, -0.2) is 4.98 Å². The van der Waals surface area contributed by atoms with E-state index in [0.29, 0.717) is 0 Å². The number of benzene rings is 1. The molecule has 0 amide bonds. The molecule has 0 bridgehead atoms. The number of para-hydroxylation sites is 2. The van der Waals surface area contributed by atoms with Crippen molar-refractivity contribution >= 4 is 11.0 Å². The van der Waals surface area contributed by atoms with E-state index in [-0.39, 0.29) is 0 Å². The van der Waals surface area contributed by atoms with Gasteiger partial charge >= 0.3 is 0 Å². The Kier molecular flexibility index (Phi) is 6.21. The van der Waals surface area contributed by atoms with Gasteiger partial charge in [0.1, 0.15) is 5.82 Å². The molecule has 0 aliphatic carbocycles. The lowest BCUT2D eigenvalue weighted by atomic mass is 10.3. The van der Waals surface area contributed by atoms with Crippen LogP contribution in [0.15, 0.2) is 24.3 Å². The average Bonchev–Trinajstić information content (AvgIpc) is 2.80. The Morgan fingerprint density at radius 1 is 1.19 bits per heavy atom. The van der Waals surface area contributed by atoms with E-state index in [2.05, 4.69) is 60.1 Å². The van der Waals surface area contributed by atoms with Crippen LogP contribution >= 0.6 is 0 Å². The number of rotatable bonds is 9. The smallest absolute Gasteiger partial charge is 0.109 e. The van der Waals surface area contributed by atoms with E-state index < -0.39 is 0 Å². The van der Waals surface area contributed by atoms with Crippen LogP contribution < -0.4 is 5.32 Å². The van der Waals surface area contributed by atoms with Crippen LogP contribution in [0, 0.1) is 0 Å². The van der Waals surface area contributed by atoms with Crippen molar-refractivity contribution in [3.8, 4) is 0 Å². The van der Waals surface area contributed by atoms with E-state index in [1.807, 2.05) is 0 Å². The van der Waals surface area contributed by atoms with Crippen LogP contribution in [-0.2, 0) is 13.0 Å². The van der Waals surface area contributed by atoms with Crippen molar-refractivity contribution in [3.63, 3.8) is 0 Å². The van der Waals surface area contributed by atoms with Crippen molar-refractivity contribution in [1.82, 2.24) is 19.8 Å². The summed E-state index contributed by atoms with van der Waals surface area (Å²) >= 11 is 0. The molecule has 1 aromatic heterocycles. The zero-order chi connectivity index (χ0) is 15.1. The fourth-order valence-electron chi connectivity index (χ4n) is 2.63. The molecule has 116 valence electrons. The molecule has 2 rings (SSSR count). The minimum Gasteiger partial charge on any atom is -0.327 e. The highest BCUT2D eigenvalue weighted by Gasteiger charge is 2.08. The number of nitrogens with zero attached hydrogens (tertiary/aromatic N) is 3. The van der Waals surface area contributed by atoms with Crippen molar-refractivity contribution in [2.24, 2.45) is 0 Å². The molecule has 0 saturated heterocycles. The lowest BCUT2D eigenvalue weighted by molar-refractivity contribution is 0.393. The van der Waals surface area contributed by atoms with E-state index >= 15 is 0 Å². The topological polar surface area (TPSA) is 33.1 Å². The Labute approximate surface area is 128 Å². The highest BCUT2D eigenvalue weighted by atomic mass is 15.1. The quantitative estimate of drug-likeness (QED) is 0.720. The monoisotopic (exact) mass is 288 g/mol. The molecule has 0 unspecified atom stereocenters. The molecule has 0 saturated carbocycles. The molecule has 0 spiro atoms. The van der Waals surface area contributed by atoms with Gasteiger partial charge in [0, 0.05) is 19.5 Å². The second-order valence-electron chi connectivity index (χ2n) is 5.83. The molecule has 0 aliphatic rings. The Morgan fingerprint density at radius 2 is 2.00 bits per heavy atom. The largest absolute Gasteiger partial charge is 0.327 e. The summed E-state index contributed by atoms with van der Waals surface area (Å²) in [5.41, 5.74) is 2.38. The number of fused-ring (bicyclic) bond motifs is 1. The van der Waals surface area contributed by atoms with Crippen molar-refractivity contribution < 1.29 is 0 Å². The van der Waals surface area contributed by atoms with E-state index in [0.717, 1.165) is 44.5 Å². The molecule has 0 fully saturated rings. The van der Waals surface area contributed by atoms with Gasteiger partial charge in [0.2, 0.25) is 0 Å². The molecular formula is C17H28N4. The Balaban J connectivity index is 1.92. The number of imidazole rings is 1. The molecule has 1 heterocycles. The molecular weight excluding hydrogens is 260 g/mol. The SMILES string of the molecule is CCCc1nc2ccccc2n1CCNCCCN(C)C. The van der Waals surface area contributed by atoms with Gasteiger partial charge in [-0.2, -0.15) is 0 Å². The first-order valence-electron chi connectivity index (χ1n) is 8.02. The molecule has 4 nitrogen and oxygen atoms in total. The molecule has 0 radical (unpaired) electrons. The van der Waals surface area contributed by atoms with Gasteiger partial charge in [0.05, 0.1) is 11.0 Å². The number of aryl methyl sites for hydroxylation is 1. The molecule has 0 atom stereocenters. The predicted octanol–water partition coefficient (Wildman–Crippen LogP) is 2.53. The van der Waals surface area contributed by atoms with Crippen LogP contribution in [0.3, 0.4) is 0 Å². The maximum absolute atomic E-state index is 4.77. The molecule has 1 N–H and O–H groups in total. The third-order valence-corrected chi connectivity index (χ3v) is 3.68. The Bertz CT molecular complexity index is 545. The first kappa shape index (κ1) is 16.0. The minimum absolute atomic E-state index is 0.998. The van der Waals surface area contributed by atoms with Gasteiger partial charge < -0.3 is 14.8 Å². The lowest BCUT2D eigenvalue weighted by Gasteiger charge is -2.11. The third-order valence-electron chi connectivity index (χ3n) is 3.68. The van der Waals surface area contributed by atoms with E-state index in [1.165, 1.54) is 17.8 Å². The molecule has 21 heavy (non-hydrogen) atoms. The van der Waals surface area contributed by atoms with Crippen LogP contribution in [-0.4, -0.2) is 48.2 Å². The summed E-state index contributed by atoms with van der Waals surface area (Å²) in [4.78, 5) is 7.00. The van der Waals surface area contributed by atoms with Crippen LogP contribution in [0.5, 0.6) is 0 Å². The Hall–Kier alpha value is -1.39. The van der Waals surface area contributed by atoms with Gasteiger partial charge in [-0.05, 0) is 52.2 Å². The normalized spacial score (nSPS) is 11.6. The lowest BCUT2D eigenvalue weighted by Crippen LogP contribution is -2.24.